The third-order valence-electron chi connectivity index (χ3n) is 5.00. The summed E-state index contributed by atoms with van der Waals surface area (Å²) in [5.41, 5.74) is 1.76. The van der Waals surface area contributed by atoms with Crippen LogP contribution in [0.4, 0.5) is 5.69 Å². The molecule has 0 saturated heterocycles. The smallest absolute Gasteiger partial charge is 0.342 e. The van der Waals surface area contributed by atoms with E-state index in [0.29, 0.717) is 34.3 Å². The Labute approximate surface area is 199 Å². The molecule has 1 aromatic heterocycles. The second-order valence-corrected chi connectivity index (χ2v) is 8.22. The first-order valence-electron chi connectivity index (χ1n) is 10.1. The van der Waals surface area contributed by atoms with E-state index in [1.165, 1.54) is 11.1 Å². The molecule has 4 rings (SSSR count). The largest absolute Gasteiger partial charge is 0.497 e. The molecule has 174 valence electrons. The zero-order valence-corrected chi connectivity index (χ0v) is 19.4. The number of nitrogens with zero attached hydrogens (tertiary/aromatic N) is 4. The van der Waals surface area contributed by atoms with Crippen LogP contribution in [0, 0.1) is 5.92 Å². The number of carboxylic acids is 1. The van der Waals surface area contributed by atoms with Gasteiger partial charge in [-0.1, -0.05) is 18.2 Å². The molecule has 2 N–H and O–H groups in total. The SMILES string of the molecule is COc1cc(OC)cc(-c2nc(S/C(=C/[C@@H]3C(=O)N(c4ccccc4)N=C3C)C(=O)O)n[nH]2)c1. The predicted molar refractivity (Wildman–Crippen MR) is 127 cm³/mol. The summed E-state index contributed by atoms with van der Waals surface area (Å²) in [6, 6.07) is 14.2. The molecule has 10 nitrogen and oxygen atoms in total. The van der Waals surface area contributed by atoms with Gasteiger partial charge in [-0.25, -0.2) is 9.78 Å². The molecule has 34 heavy (non-hydrogen) atoms. The quantitative estimate of drug-likeness (QED) is 0.370. The minimum atomic E-state index is -1.20. The molecule has 1 aliphatic rings. The van der Waals surface area contributed by atoms with Crippen LogP contribution in [-0.2, 0) is 9.59 Å². The summed E-state index contributed by atoms with van der Waals surface area (Å²) in [4.78, 5) is 29.2. The number of aromatic amines is 1. The predicted octanol–water partition coefficient (Wildman–Crippen LogP) is 3.59. The molecule has 0 spiro atoms. The molecule has 0 aliphatic carbocycles. The van der Waals surface area contributed by atoms with Crippen molar-refractivity contribution in [2.45, 2.75) is 12.1 Å². The van der Waals surface area contributed by atoms with E-state index in [9.17, 15) is 14.7 Å². The molecule has 0 saturated carbocycles. The lowest BCUT2D eigenvalue weighted by Gasteiger charge is -2.12. The molecule has 1 atom stereocenters. The van der Waals surface area contributed by atoms with Gasteiger partial charge >= 0.3 is 5.97 Å². The average Bonchev–Trinajstić information content (AvgIpc) is 3.43. The van der Waals surface area contributed by atoms with E-state index < -0.39 is 11.9 Å². The Morgan fingerprint density at radius 1 is 1.15 bits per heavy atom. The van der Waals surface area contributed by atoms with Gasteiger partial charge in [-0.2, -0.15) is 10.1 Å². The fraction of sp³-hybridized carbons (Fsp3) is 0.174. The normalized spacial score (nSPS) is 15.9. The Bertz CT molecular complexity index is 1270. The third-order valence-corrected chi connectivity index (χ3v) is 5.90. The van der Waals surface area contributed by atoms with Crippen molar-refractivity contribution in [3.05, 3.63) is 59.5 Å². The van der Waals surface area contributed by atoms with Crippen molar-refractivity contribution in [1.82, 2.24) is 15.2 Å². The number of aliphatic carboxylic acids is 1. The van der Waals surface area contributed by atoms with Crippen LogP contribution in [0.1, 0.15) is 6.92 Å². The van der Waals surface area contributed by atoms with Gasteiger partial charge in [-0.3, -0.25) is 9.89 Å². The highest BCUT2D eigenvalue weighted by atomic mass is 32.2. The van der Waals surface area contributed by atoms with E-state index in [1.807, 2.05) is 6.07 Å². The maximum absolute atomic E-state index is 12.9. The maximum Gasteiger partial charge on any atom is 0.342 e. The van der Waals surface area contributed by atoms with Gasteiger partial charge in [0, 0.05) is 11.6 Å². The molecule has 2 heterocycles. The lowest BCUT2D eigenvalue weighted by molar-refractivity contribution is -0.131. The summed E-state index contributed by atoms with van der Waals surface area (Å²) < 4.78 is 10.6. The van der Waals surface area contributed by atoms with Crippen molar-refractivity contribution in [2.75, 3.05) is 19.2 Å². The Balaban J connectivity index is 1.57. The van der Waals surface area contributed by atoms with Crippen LogP contribution < -0.4 is 14.5 Å². The summed E-state index contributed by atoms with van der Waals surface area (Å²) >= 11 is 0.840. The number of thioether (sulfide) groups is 1. The van der Waals surface area contributed by atoms with E-state index >= 15 is 0 Å². The number of carbonyl (C=O) groups is 2. The highest BCUT2D eigenvalue weighted by Gasteiger charge is 2.34. The van der Waals surface area contributed by atoms with Gasteiger partial charge in [0.15, 0.2) is 5.82 Å². The summed E-state index contributed by atoms with van der Waals surface area (Å²) in [6.07, 6.45) is 1.38. The lowest BCUT2D eigenvalue weighted by Crippen LogP contribution is -2.26. The highest BCUT2D eigenvalue weighted by molar-refractivity contribution is 8.03. The standard InChI is InChI=1S/C23H21N5O5S/c1-13-18(21(29)28(27-13)15-7-5-4-6-8-15)12-19(22(30)31)34-23-24-20(25-26-23)14-9-16(32-2)11-17(10-14)33-3/h4-12,18H,1-3H3,(H,30,31)(H,24,25,26)/b19-12+/t18-/m0/s1. The molecule has 0 unspecified atom stereocenters. The monoisotopic (exact) mass is 479 g/mol. The van der Waals surface area contributed by atoms with E-state index in [-0.39, 0.29) is 16.0 Å². The van der Waals surface area contributed by atoms with Crippen molar-refractivity contribution in [3.63, 3.8) is 0 Å². The van der Waals surface area contributed by atoms with E-state index in [4.69, 9.17) is 9.47 Å². The molecule has 11 heteroatoms. The minimum absolute atomic E-state index is 0.0865. The van der Waals surface area contributed by atoms with Crippen LogP contribution in [0.15, 0.2) is 69.8 Å². The number of para-hydroxylation sites is 1. The molecular weight excluding hydrogens is 458 g/mol. The lowest BCUT2D eigenvalue weighted by atomic mass is 10.0. The number of rotatable bonds is 8. The summed E-state index contributed by atoms with van der Waals surface area (Å²) in [6.45, 7) is 1.69. The Morgan fingerprint density at radius 2 is 1.82 bits per heavy atom. The molecule has 0 bridgehead atoms. The van der Waals surface area contributed by atoms with Gasteiger partial charge < -0.3 is 14.6 Å². The molecule has 3 aromatic rings. The number of methoxy groups -OCH3 is 2. The number of carbonyl (C=O) groups excluding carboxylic acids is 1. The van der Waals surface area contributed by atoms with Crippen LogP contribution in [-0.4, -0.2) is 52.1 Å². The first kappa shape index (κ1) is 23.1. The number of hydrogen-bond acceptors (Lipinski definition) is 8. The van der Waals surface area contributed by atoms with Gasteiger partial charge in [-0.05, 0) is 49.0 Å². The van der Waals surface area contributed by atoms with Crippen molar-refractivity contribution < 1.29 is 24.2 Å². The van der Waals surface area contributed by atoms with Gasteiger partial charge in [0.05, 0.1) is 36.4 Å². The maximum atomic E-state index is 12.9. The van der Waals surface area contributed by atoms with Crippen molar-refractivity contribution >= 4 is 35.0 Å². The van der Waals surface area contributed by atoms with E-state index in [2.05, 4.69) is 20.3 Å². The fourth-order valence-corrected chi connectivity index (χ4v) is 4.01. The third kappa shape index (κ3) is 4.79. The summed E-state index contributed by atoms with van der Waals surface area (Å²) in [5, 5.41) is 22.4. The van der Waals surface area contributed by atoms with Crippen LogP contribution >= 0.6 is 11.8 Å². The number of hydrogen-bond donors (Lipinski definition) is 2. The number of ether oxygens (including phenoxy) is 2. The van der Waals surface area contributed by atoms with E-state index in [0.717, 1.165) is 11.8 Å². The minimum Gasteiger partial charge on any atom is -0.497 e. The van der Waals surface area contributed by atoms with Gasteiger partial charge in [-0.15, -0.1) is 5.10 Å². The molecule has 1 amide bonds. The second kappa shape index (κ2) is 9.79. The molecule has 2 aromatic carbocycles. The molecule has 0 fully saturated rings. The number of carboxylic acid groups (broad SMARTS) is 1. The number of H-pyrrole nitrogens is 1. The van der Waals surface area contributed by atoms with E-state index in [1.54, 1.807) is 63.6 Å². The zero-order chi connectivity index (χ0) is 24.2. The highest BCUT2D eigenvalue weighted by Crippen LogP contribution is 2.32. The van der Waals surface area contributed by atoms with Crippen molar-refractivity contribution in [3.8, 4) is 22.9 Å². The number of anilines is 1. The van der Waals surface area contributed by atoms with Gasteiger partial charge in [0.1, 0.15) is 11.5 Å². The van der Waals surface area contributed by atoms with Crippen molar-refractivity contribution in [2.24, 2.45) is 11.0 Å². The topological polar surface area (TPSA) is 130 Å². The fourth-order valence-electron chi connectivity index (χ4n) is 3.29. The second-order valence-electron chi connectivity index (χ2n) is 7.21. The summed E-state index contributed by atoms with van der Waals surface area (Å²) in [5.74, 6) is -0.776. The number of aromatic nitrogens is 3. The van der Waals surface area contributed by atoms with Crippen LogP contribution in [0.2, 0.25) is 0 Å². The average molecular weight is 480 g/mol. The Morgan fingerprint density at radius 3 is 2.44 bits per heavy atom. The molecular formula is C23H21N5O5S. The zero-order valence-electron chi connectivity index (χ0n) is 18.6. The van der Waals surface area contributed by atoms with Crippen LogP contribution in [0.25, 0.3) is 11.4 Å². The van der Waals surface area contributed by atoms with Gasteiger partial charge in [0.2, 0.25) is 5.16 Å². The van der Waals surface area contributed by atoms with Crippen molar-refractivity contribution in [1.29, 1.82) is 0 Å². The molecule has 1 aliphatic heterocycles. The van der Waals surface area contributed by atoms with Gasteiger partial charge in [0.25, 0.3) is 5.91 Å². The number of amides is 1. The first-order chi connectivity index (χ1) is 16.4. The van der Waals surface area contributed by atoms with Crippen LogP contribution in [0.5, 0.6) is 11.5 Å². The first-order valence-corrected chi connectivity index (χ1v) is 10.9. The number of benzene rings is 2. The summed E-state index contributed by atoms with van der Waals surface area (Å²) in [7, 11) is 3.08. The number of nitrogens with one attached hydrogen (secondary N) is 1. The molecule has 0 radical (unpaired) electrons. The van der Waals surface area contributed by atoms with Crippen LogP contribution in [0.3, 0.4) is 0 Å². The Hall–Kier alpha value is -4.12. The Kier molecular flexibility index (Phi) is 6.64. The number of hydrazone groups is 1.